The van der Waals surface area contributed by atoms with E-state index in [0.29, 0.717) is 36.8 Å². The van der Waals surface area contributed by atoms with Gasteiger partial charge >= 0.3 is 0 Å². The van der Waals surface area contributed by atoms with Crippen LogP contribution in [0, 0.1) is 12.7 Å². The summed E-state index contributed by atoms with van der Waals surface area (Å²) in [5, 5.41) is 3.65. The zero-order valence-corrected chi connectivity index (χ0v) is 12.2. The minimum absolute atomic E-state index is 0.267. The molecule has 0 atom stereocenters. The van der Waals surface area contributed by atoms with E-state index in [1.807, 2.05) is 0 Å². The average molecular weight is 290 g/mol. The summed E-state index contributed by atoms with van der Waals surface area (Å²) >= 11 is 5.98. The molecule has 0 aliphatic rings. The fourth-order valence-corrected chi connectivity index (χ4v) is 1.88. The van der Waals surface area contributed by atoms with Crippen molar-refractivity contribution in [1.29, 1.82) is 0 Å². The molecular weight excluding hydrogens is 269 g/mol. The van der Waals surface area contributed by atoms with Crippen LogP contribution in [0.3, 0.4) is 0 Å². The van der Waals surface area contributed by atoms with Gasteiger partial charge in [-0.25, -0.2) is 4.39 Å². The first-order valence-electron chi connectivity index (χ1n) is 6.37. The summed E-state index contributed by atoms with van der Waals surface area (Å²) in [5.41, 5.74) is 1.54. The predicted octanol–water partition coefficient (Wildman–Crippen LogP) is 2.58. The number of methoxy groups -OCH3 is 1. The van der Waals surface area contributed by atoms with E-state index in [-0.39, 0.29) is 5.82 Å². The number of rotatable bonds is 9. The Morgan fingerprint density at radius 1 is 1.21 bits per heavy atom. The Morgan fingerprint density at radius 2 is 1.95 bits per heavy atom. The summed E-state index contributed by atoms with van der Waals surface area (Å²) in [7, 11) is 1.67. The summed E-state index contributed by atoms with van der Waals surface area (Å²) in [6.45, 7) is 5.26. The van der Waals surface area contributed by atoms with E-state index in [1.54, 1.807) is 20.1 Å². The molecule has 0 amide bonds. The van der Waals surface area contributed by atoms with E-state index in [1.165, 1.54) is 6.07 Å². The highest BCUT2D eigenvalue weighted by Crippen LogP contribution is 2.20. The van der Waals surface area contributed by atoms with Gasteiger partial charge in [0.25, 0.3) is 0 Å². The number of ether oxygens (including phenoxy) is 2. The molecule has 5 heteroatoms. The molecule has 0 spiro atoms. The third kappa shape index (κ3) is 6.34. The molecule has 108 valence electrons. The summed E-state index contributed by atoms with van der Waals surface area (Å²) < 4.78 is 23.6. The molecule has 0 aliphatic carbocycles. The van der Waals surface area contributed by atoms with Gasteiger partial charge in [0.15, 0.2) is 0 Å². The van der Waals surface area contributed by atoms with Crippen LogP contribution in [0.25, 0.3) is 0 Å². The molecule has 0 bridgehead atoms. The van der Waals surface area contributed by atoms with E-state index in [2.05, 4.69) is 5.32 Å². The van der Waals surface area contributed by atoms with E-state index >= 15 is 0 Å². The number of halogens is 2. The highest BCUT2D eigenvalue weighted by molar-refractivity contribution is 6.31. The van der Waals surface area contributed by atoms with E-state index in [9.17, 15) is 4.39 Å². The number of hydrogen-bond donors (Lipinski definition) is 1. The molecule has 0 aromatic heterocycles. The molecule has 0 saturated heterocycles. The lowest BCUT2D eigenvalue weighted by Crippen LogP contribution is -2.23. The number of aryl methyl sites for hydroxylation is 1. The van der Waals surface area contributed by atoms with Crippen LogP contribution in [0.5, 0.6) is 0 Å². The average Bonchev–Trinajstić information content (AvgIpc) is 2.38. The monoisotopic (exact) mass is 289 g/mol. The first-order chi connectivity index (χ1) is 9.15. The van der Waals surface area contributed by atoms with Gasteiger partial charge in [-0.1, -0.05) is 17.7 Å². The topological polar surface area (TPSA) is 30.5 Å². The van der Waals surface area contributed by atoms with Crippen molar-refractivity contribution in [3.8, 4) is 0 Å². The molecular formula is C14H21ClFNO2. The molecule has 0 fully saturated rings. The molecule has 0 heterocycles. The molecule has 0 aliphatic heterocycles. The normalized spacial score (nSPS) is 10.9. The zero-order chi connectivity index (χ0) is 14.1. The van der Waals surface area contributed by atoms with Crippen LogP contribution in [-0.2, 0) is 15.9 Å². The van der Waals surface area contributed by atoms with Crippen molar-refractivity contribution in [3.05, 3.63) is 34.1 Å². The van der Waals surface area contributed by atoms with Gasteiger partial charge in [0.1, 0.15) is 5.82 Å². The number of nitrogens with one attached hydrogen (secondary N) is 1. The van der Waals surface area contributed by atoms with Crippen LogP contribution < -0.4 is 5.32 Å². The summed E-state index contributed by atoms with van der Waals surface area (Å²) in [4.78, 5) is 0. The fourth-order valence-electron chi connectivity index (χ4n) is 1.64. The third-order valence-electron chi connectivity index (χ3n) is 2.75. The lowest BCUT2D eigenvalue weighted by Gasteiger charge is -2.08. The first kappa shape index (κ1) is 16.4. The van der Waals surface area contributed by atoms with Gasteiger partial charge in [-0.2, -0.15) is 0 Å². The third-order valence-corrected chi connectivity index (χ3v) is 3.10. The smallest absolute Gasteiger partial charge is 0.127 e. The largest absolute Gasteiger partial charge is 0.383 e. The van der Waals surface area contributed by atoms with Crippen molar-refractivity contribution in [2.45, 2.75) is 13.3 Å². The van der Waals surface area contributed by atoms with Crippen LogP contribution >= 0.6 is 11.6 Å². The maximum Gasteiger partial charge on any atom is 0.127 e. The van der Waals surface area contributed by atoms with Crippen molar-refractivity contribution < 1.29 is 13.9 Å². The van der Waals surface area contributed by atoms with Crippen LogP contribution in [0.4, 0.5) is 4.39 Å². The van der Waals surface area contributed by atoms with Crippen LogP contribution in [0.1, 0.15) is 11.1 Å². The van der Waals surface area contributed by atoms with Gasteiger partial charge in [0.05, 0.1) is 19.8 Å². The van der Waals surface area contributed by atoms with Gasteiger partial charge in [-0.05, 0) is 30.5 Å². The van der Waals surface area contributed by atoms with Gasteiger partial charge in [0, 0.05) is 25.2 Å². The van der Waals surface area contributed by atoms with Gasteiger partial charge in [-0.15, -0.1) is 0 Å². The molecule has 3 nitrogen and oxygen atoms in total. The predicted molar refractivity (Wildman–Crippen MR) is 75.4 cm³/mol. The molecule has 0 radical (unpaired) electrons. The summed E-state index contributed by atoms with van der Waals surface area (Å²) in [5.74, 6) is -0.267. The maximum absolute atomic E-state index is 13.2. The van der Waals surface area contributed by atoms with E-state index in [4.69, 9.17) is 21.1 Å². The Hall–Kier alpha value is -0.680. The van der Waals surface area contributed by atoms with Gasteiger partial charge < -0.3 is 14.8 Å². The highest BCUT2D eigenvalue weighted by atomic mass is 35.5. The Bertz CT molecular complexity index is 388. The molecule has 0 unspecified atom stereocenters. The van der Waals surface area contributed by atoms with E-state index < -0.39 is 0 Å². The summed E-state index contributed by atoms with van der Waals surface area (Å²) in [6, 6.07) is 3.14. The first-order valence-corrected chi connectivity index (χ1v) is 6.75. The minimum atomic E-state index is -0.267. The molecule has 0 saturated carbocycles. The Balaban J connectivity index is 2.17. The Labute approximate surface area is 119 Å². The lowest BCUT2D eigenvalue weighted by atomic mass is 10.1. The molecule has 1 aromatic carbocycles. The van der Waals surface area contributed by atoms with Crippen molar-refractivity contribution in [2.75, 3.05) is 40.0 Å². The molecule has 19 heavy (non-hydrogen) atoms. The standard InChI is InChI=1S/C14H21ClFNO2/c1-11-9-12(13(15)10-14(11)16)3-6-19-8-5-17-4-7-18-2/h9-10,17H,3-8H2,1-2H3. The van der Waals surface area contributed by atoms with Crippen molar-refractivity contribution in [1.82, 2.24) is 5.32 Å². The fraction of sp³-hybridized carbons (Fsp3) is 0.571. The number of hydrogen-bond acceptors (Lipinski definition) is 3. The van der Waals surface area contributed by atoms with E-state index in [0.717, 1.165) is 18.7 Å². The van der Waals surface area contributed by atoms with Gasteiger partial charge in [0.2, 0.25) is 0 Å². The summed E-state index contributed by atoms with van der Waals surface area (Å²) in [6.07, 6.45) is 0.692. The highest BCUT2D eigenvalue weighted by Gasteiger charge is 2.05. The second-order valence-corrected chi connectivity index (χ2v) is 4.71. The van der Waals surface area contributed by atoms with Crippen LogP contribution in [0.15, 0.2) is 12.1 Å². The lowest BCUT2D eigenvalue weighted by molar-refractivity contribution is 0.135. The van der Waals surface area contributed by atoms with Crippen molar-refractivity contribution in [2.24, 2.45) is 0 Å². The van der Waals surface area contributed by atoms with Gasteiger partial charge in [-0.3, -0.25) is 0 Å². The molecule has 1 N–H and O–H groups in total. The Morgan fingerprint density at radius 3 is 2.68 bits per heavy atom. The minimum Gasteiger partial charge on any atom is -0.383 e. The molecule has 1 rings (SSSR count). The second kappa shape index (κ2) is 9.26. The Kier molecular flexibility index (Phi) is 7.98. The zero-order valence-electron chi connectivity index (χ0n) is 11.5. The second-order valence-electron chi connectivity index (χ2n) is 4.30. The maximum atomic E-state index is 13.2. The quantitative estimate of drug-likeness (QED) is 0.709. The molecule has 1 aromatic rings. The number of benzene rings is 1. The van der Waals surface area contributed by atoms with Crippen molar-refractivity contribution in [3.63, 3.8) is 0 Å². The van der Waals surface area contributed by atoms with Crippen molar-refractivity contribution >= 4 is 11.6 Å². The SMILES string of the molecule is COCCNCCOCCc1cc(C)c(F)cc1Cl. The van der Waals surface area contributed by atoms with Crippen LogP contribution in [0.2, 0.25) is 5.02 Å². The van der Waals surface area contributed by atoms with Crippen LogP contribution in [-0.4, -0.2) is 40.0 Å².